The molecule has 1 saturated heterocycles. The number of hydrogen-bond donors (Lipinski definition) is 0. The Hall–Kier alpha value is -1.89. The highest BCUT2D eigenvalue weighted by Gasteiger charge is 2.31. The summed E-state index contributed by atoms with van der Waals surface area (Å²) in [6.07, 6.45) is -2.44. The lowest BCUT2D eigenvalue weighted by Crippen LogP contribution is -2.25. The Kier molecular flexibility index (Phi) is 3.01. The van der Waals surface area contributed by atoms with Gasteiger partial charge in [0.05, 0.1) is 35.4 Å². The highest BCUT2D eigenvalue weighted by Crippen LogP contribution is 2.30. The Morgan fingerprint density at radius 1 is 1.35 bits per heavy atom. The number of alkyl halides is 3. The lowest BCUT2D eigenvalue weighted by atomic mass is 10.1. The predicted octanol–water partition coefficient (Wildman–Crippen LogP) is 2.38. The highest BCUT2D eigenvalue weighted by molar-refractivity contribution is 5.78. The quantitative estimate of drug-likeness (QED) is 0.807. The SMILES string of the molecule is O=c1c2ccc(C(F)(F)F)cc2ncn1[C@H]1CCOC1. The van der Waals surface area contributed by atoms with Crippen LogP contribution in [0.25, 0.3) is 10.9 Å². The first-order chi connectivity index (χ1) is 9.47. The number of fused-ring (bicyclic) bond motifs is 1. The summed E-state index contributed by atoms with van der Waals surface area (Å²) in [5, 5.41) is 0.187. The van der Waals surface area contributed by atoms with Gasteiger partial charge in [0.1, 0.15) is 0 Å². The van der Waals surface area contributed by atoms with Gasteiger partial charge in [0.25, 0.3) is 5.56 Å². The van der Waals surface area contributed by atoms with Crippen molar-refractivity contribution in [2.75, 3.05) is 13.2 Å². The van der Waals surface area contributed by atoms with Crippen LogP contribution in [0.3, 0.4) is 0 Å². The topological polar surface area (TPSA) is 44.1 Å². The first-order valence-corrected chi connectivity index (χ1v) is 6.12. The van der Waals surface area contributed by atoms with Crippen molar-refractivity contribution in [2.24, 2.45) is 0 Å². The van der Waals surface area contributed by atoms with Gasteiger partial charge in [-0.2, -0.15) is 13.2 Å². The van der Waals surface area contributed by atoms with E-state index in [1.807, 2.05) is 0 Å². The highest BCUT2D eigenvalue weighted by atomic mass is 19.4. The molecule has 0 bridgehead atoms. The van der Waals surface area contributed by atoms with Crippen molar-refractivity contribution >= 4 is 10.9 Å². The standard InChI is InChI=1S/C13H11F3N2O2/c14-13(15,16)8-1-2-10-11(5-8)17-7-18(12(10)19)9-3-4-20-6-9/h1-2,5,7,9H,3-4,6H2/t9-/m0/s1. The summed E-state index contributed by atoms with van der Waals surface area (Å²) >= 11 is 0. The van der Waals surface area contributed by atoms with Crippen molar-refractivity contribution in [1.82, 2.24) is 9.55 Å². The molecule has 0 radical (unpaired) electrons. The summed E-state index contributed by atoms with van der Waals surface area (Å²) < 4.78 is 44.5. The number of nitrogens with zero attached hydrogens (tertiary/aromatic N) is 2. The molecule has 1 atom stereocenters. The van der Waals surface area contributed by atoms with Crippen LogP contribution in [0.5, 0.6) is 0 Å². The monoisotopic (exact) mass is 284 g/mol. The van der Waals surface area contributed by atoms with Crippen LogP contribution in [-0.4, -0.2) is 22.8 Å². The van der Waals surface area contributed by atoms with Gasteiger partial charge in [0.2, 0.25) is 0 Å². The van der Waals surface area contributed by atoms with E-state index in [1.54, 1.807) is 0 Å². The van der Waals surface area contributed by atoms with Gasteiger partial charge in [-0.1, -0.05) is 0 Å². The molecule has 20 heavy (non-hydrogen) atoms. The zero-order chi connectivity index (χ0) is 14.3. The van der Waals surface area contributed by atoms with Gasteiger partial charge in [-0.15, -0.1) is 0 Å². The van der Waals surface area contributed by atoms with E-state index < -0.39 is 11.7 Å². The van der Waals surface area contributed by atoms with Crippen LogP contribution in [0.2, 0.25) is 0 Å². The Labute approximate surface area is 111 Å². The van der Waals surface area contributed by atoms with Crippen molar-refractivity contribution in [1.29, 1.82) is 0 Å². The second kappa shape index (κ2) is 4.59. The number of aromatic nitrogens is 2. The molecule has 0 amide bonds. The molecule has 0 N–H and O–H groups in total. The molecule has 1 fully saturated rings. The molecule has 2 heterocycles. The van der Waals surface area contributed by atoms with E-state index in [4.69, 9.17) is 4.74 Å². The number of halogens is 3. The van der Waals surface area contributed by atoms with Gasteiger partial charge in [-0.25, -0.2) is 4.98 Å². The molecule has 0 saturated carbocycles. The van der Waals surface area contributed by atoms with E-state index in [9.17, 15) is 18.0 Å². The lowest BCUT2D eigenvalue weighted by Gasteiger charge is -2.13. The minimum Gasteiger partial charge on any atom is -0.379 e. The third-order valence-electron chi connectivity index (χ3n) is 3.41. The number of ether oxygens (including phenoxy) is 1. The molecule has 0 aliphatic carbocycles. The molecule has 0 unspecified atom stereocenters. The van der Waals surface area contributed by atoms with Crippen LogP contribution in [0.1, 0.15) is 18.0 Å². The molecule has 1 aromatic heterocycles. The van der Waals surface area contributed by atoms with Crippen LogP contribution in [0, 0.1) is 0 Å². The van der Waals surface area contributed by atoms with E-state index >= 15 is 0 Å². The summed E-state index contributed by atoms with van der Waals surface area (Å²) in [6, 6.07) is 2.88. The van der Waals surface area contributed by atoms with Gasteiger partial charge in [0.15, 0.2) is 0 Å². The predicted molar refractivity (Wildman–Crippen MR) is 65.5 cm³/mol. The van der Waals surface area contributed by atoms with Crippen LogP contribution in [0.15, 0.2) is 29.3 Å². The second-order valence-corrected chi connectivity index (χ2v) is 4.70. The van der Waals surface area contributed by atoms with Gasteiger partial charge in [0, 0.05) is 6.61 Å². The van der Waals surface area contributed by atoms with E-state index in [0.717, 1.165) is 12.1 Å². The zero-order valence-corrected chi connectivity index (χ0v) is 10.4. The lowest BCUT2D eigenvalue weighted by molar-refractivity contribution is -0.137. The van der Waals surface area contributed by atoms with Crippen molar-refractivity contribution in [3.63, 3.8) is 0 Å². The largest absolute Gasteiger partial charge is 0.416 e. The molecule has 106 valence electrons. The zero-order valence-electron chi connectivity index (χ0n) is 10.4. The van der Waals surface area contributed by atoms with Gasteiger partial charge < -0.3 is 4.74 Å². The van der Waals surface area contributed by atoms with Gasteiger partial charge in [-0.05, 0) is 24.6 Å². The molecule has 1 aliphatic rings. The first-order valence-electron chi connectivity index (χ1n) is 6.12. The average molecular weight is 284 g/mol. The fourth-order valence-electron chi connectivity index (χ4n) is 2.31. The van der Waals surface area contributed by atoms with Crippen molar-refractivity contribution in [3.8, 4) is 0 Å². The summed E-state index contributed by atoms with van der Waals surface area (Å²) in [7, 11) is 0. The Morgan fingerprint density at radius 3 is 2.80 bits per heavy atom. The fourth-order valence-corrected chi connectivity index (χ4v) is 2.31. The molecule has 4 nitrogen and oxygen atoms in total. The minimum absolute atomic E-state index is 0.0555. The molecular weight excluding hydrogens is 273 g/mol. The Bertz CT molecular complexity index is 703. The summed E-state index contributed by atoms with van der Waals surface area (Å²) in [6.45, 7) is 0.996. The molecule has 3 rings (SSSR count). The van der Waals surface area contributed by atoms with E-state index in [0.29, 0.717) is 19.6 Å². The first kappa shape index (κ1) is 13.1. The normalized spacial score (nSPS) is 19.6. The van der Waals surface area contributed by atoms with Crippen LogP contribution < -0.4 is 5.56 Å². The van der Waals surface area contributed by atoms with Gasteiger partial charge in [-0.3, -0.25) is 9.36 Å². The smallest absolute Gasteiger partial charge is 0.379 e. The fraction of sp³-hybridized carbons (Fsp3) is 0.385. The van der Waals surface area contributed by atoms with Crippen LogP contribution >= 0.6 is 0 Å². The van der Waals surface area contributed by atoms with Crippen molar-refractivity contribution < 1.29 is 17.9 Å². The number of hydrogen-bond acceptors (Lipinski definition) is 3. The average Bonchev–Trinajstić information content (AvgIpc) is 2.91. The van der Waals surface area contributed by atoms with Gasteiger partial charge >= 0.3 is 6.18 Å². The third-order valence-corrected chi connectivity index (χ3v) is 3.41. The third kappa shape index (κ3) is 2.18. The number of benzene rings is 1. The van der Waals surface area contributed by atoms with Crippen molar-refractivity contribution in [3.05, 3.63) is 40.4 Å². The molecule has 2 aromatic rings. The molecule has 0 spiro atoms. The maximum atomic E-state index is 12.6. The maximum absolute atomic E-state index is 12.6. The summed E-state index contributed by atoms with van der Waals surface area (Å²) in [5.74, 6) is 0. The Balaban J connectivity index is 2.12. The second-order valence-electron chi connectivity index (χ2n) is 4.70. The summed E-state index contributed by atoms with van der Waals surface area (Å²) in [4.78, 5) is 16.2. The van der Waals surface area contributed by atoms with E-state index in [-0.39, 0.29) is 22.5 Å². The molecular formula is C13H11F3N2O2. The summed E-state index contributed by atoms with van der Waals surface area (Å²) in [5.41, 5.74) is -1.09. The van der Waals surface area contributed by atoms with Crippen LogP contribution in [-0.2, 0) is 10.9 Å². The van der Waals surface area contributed by atoms with Crippen molar-refractivity contribution in [2.45, 2.75) is 18.6 Å². The molecule has 7 heteroatoms. The minimum atomic E-state index is -4.44. The molecule has 1 aliphatic heterocycles. The number of rotatable bonds is 1. The van der Waals surface area contributed by atoms with E-state index in [1.165, 1.54) is 17.0 Å². The van der Waals surface area contributed by atoms with Crippen LogP contribution in [0.4, 0.5) is 13.2 Å². The van der Waals surface area contributed by atoms with E-state index in [2.05, 4.69) is 4.98 Å². The maximum Gasteiger partial charge on any atom is 0.416 e. The molecule has 1 aromatic carbocycles. The Morgan fingerprint density at radius 2 is 2.15 bits per heavy atom.